The summed E-state index contributed by atoms with van der Waals surface area (Å²) in [6.45, 7) is 9.33. The number of fused-ring (bicyclic) bond motifs is 2. The minimum absolute atomic E-state index is 0.135. The second-order valence-electron chi connectivity index (χ2n) is 10.2. The van der Waals surface area contributed by atoms with E-state index >= 15 is 0 Å². The standard InChI is InChI=1S/C24H36N2O5Si/c1-7-10-30-24(29)22-20-17-13-15(27)8-9-16(17)18(14-19(20)25-26(2)3)21(22)23(28)31-11-12-32(4,5)6/h8-9,13,18,20-22,27H,7,10-12,14H2,1-6H3/b25-19+/t18?,20-,21-,22-/m1/s1. The quantitative estimate of drug-likeness (QED) is 0.359. The molecule has 0 saturated heterocycles. The van der Waals surface area contributed by atoms with Crippen LogP contribution in [0.5, 0.6) is 5.75 Å². The predicted molar refractivity (Wildman–Crippen MR) is 127 cm³/mol. The molecule has 3 aliphatic rings. The van der Waals surface area contributed by atoms with Gasteiger partial charge in [-0.3, -0.25) is 9.59 Å². The van der Waals surface area contributed by atoms with Gasteiger partial charge < -0.3 is 19.6 Å². The monoisotopic (exact) mass is 460 g/mol. The molecule has 0 aromatic heterocycles. The smallest absolute Gasteiger partial charge is 0.310 e. The molecule has 0 spiro atoms. The number of hydrogen-bond donors (Lipinski definition) is 1. The number of phenolic OH excluding ortho intramolecular Hbond substituents is 1. The van der Waals surface area contributed by atoms with Gasteiger partial charge in [0, 0.05) is 39.7 Å². The molecular weight excluding hydrogens is 424 g/mol. The van der Waals surface area contributed by atoms with Gasteiger partial charge in [-0.15, -0.1) is 0 Å². The summed E-state index contributed by atoms with van der Waals surface area (Å²) < 4.78 is 11.3. The van der Waals surface area contributed by atoms with Crippen molar-refractivity contribution < 1.29 is 24.2 Å². The van der Waals surface area contributed by atoms with Gasteiger partial charge >= 0.3 is 11.9 Å². The second kappa shape index (κ2) is 9.64. The first kappa shape index (κ1) is 24.3. The van der Waals surface area contributed by atoms with Crippen LogP contribution in [0.3, 0.4) is 0 Å². The summed E-state index contributed by atoms with van der Waals surface area (Å²) in [5.41, 5.74) is 2.67. The van der Waals surface area contributed by atoms with Crippen LogP contribution in [0.1, 0.15) is 42.7 Å². The number of carbonyl (C=O) groups excluding carboxylic acids is 2. The van der Waals surface area contributed by atoms with Crippen molar-refractivity contribution in [1.29, 1.82) is 0 Å². The number of rotatable bonds is 8. The van der Waals surface area contributed by atoms with E-state index in [0.717, 1.165) is 22.9 Å². The van der Waals surface area contributed by atoms with Crippen LogP contribution in [0.4, 0.5) is 0 Å². The first-order valence-electron chi connectivity index (χ1n) is 11.4. The van der Waals surface area contributed by atoms with Gasteiger partial charge in [-0.25, -0.2) is 0 Å². The molecule has 32 heavy (non-hydrogen) atoms. The maximum absolute atomic E-state index is 13.4. The van der Waals surface area contributed by atoms with Crippen LogP contribution in [0.15, 0.2) is 23.3 Å². The number of esters is 2. The van der Waals surface area contributed by atoms with Crippen LogP contribution >= 0.6 is 0 Å². The van der Waals surface area contributed by atoms with Gasteiger partial charge in [-0.05, 0) is 42.1 Å². The van der Waals surface area contributed by atoms with Crippen molar-refractivity contribution in [2.24, 2.45) is 16.9 Å². The van der Waals surface area contributed by atoms with Crippen molar-refractivity contribution in [2.45, 2.75) is 57.3 Å². The molecule has 1 aromatic rings. The lowest BCUT2D eigenvalue weighted by Crippen LogP contribution is -2.51. The van der Waals surface area contributed by atoms with Crippen LogP contribution < -0.4 is 0 Å². The van der Waals surface area contributed by atoms with Gasteiger partial charge in [0.1, 0.15) is 5.75 Å². The number of benzene rings is 1. The molecule has 3 aliphatic carbocycles. The molecule has 1 fully saturated rings. The molecule has 7 nitrogen and oxygen atoms in total. The van der Waals surface area contributed by atoms with E-state index in [9.17, 15) is 14.7 Å². The molecule has 1 N–H and O–H groups in total. The third kappa shape index (κ3) is 5.17. The molecule has 176 valence electrons. The normalized spacial score (nSPS) is 25.4. The molecule has 1 saturated carbocycles. The Labute approximate surface area is 191 Å². The third-order valence-electron chi connectivity index (χ3n) is 6.19. The topological polar surface area (TPSA) is 88.4 Å². The highest BCUT2D eigenvalue weighted by Crippen LogP contribution is 2.55. The second-order valence-corrected chi connectivity index (χ2v) is 15.9. The van der Waals surface area contributed by atoms with Gasteiger partial charge in [-0.2, -0.15) is 5.10 Å². The van der Waals surface area contributed by atoms with E-state index in [2.05, 4.69) is 24.7 Å². The molecule has 0 amide bonds. The van der Waals surface area contributed by atoms with Crippen LogP contribution in [-0.2, 0) is 19.1 Å². The predicted octanol–water partition coefficient (Wildman–Crippen LogP) is 3.96. The fourth-order valence-electron chi connectivity index (χ4n) is 4.80. The van der Waals surface area contributed by atoms with Crippen molar-refractivity contribution in [2.75, 3.05) is 27.3 Å². The van der Waals surface area contributed by atoms with Crippen molar-refractivity contribution in [3.8, 4) is 5.75 Å². The molecule has 4 atom stereocenters. The molecule has 0 radical (unpaired) electrons. The van der Waals surface area contributed by atoms with Gasteiger partial charge in [-0.1, -0.05) is 32.6 Å². The lowest BCUT2D eigenvalue weighted by Gasteiger charge is -2.47. The van der Waals surface area contributed by atoms with E-state index in [0.29, 0.717) is 26.1 Å². The Morgan fingerprint density at radius 3 is 2.38 bits per heavy atom. The number of ether oxygens (including phenoxy) is 2. The van der Waals surface area contributed by atoms with Crippen LogP contribution in [-0.4, -0.2) is 63.1 Å². The fraction of sp³-hybridized carbons (Fsp3) is 0.625. The Hall–Kier alpha value is -2.35. The summed E-state index contributed by atoms with van der Waals surface area (Å²) in [4.78, 5) is 26.6. The number of hydrogen-bond acceptors (Lipinski definition) is 7. The van der Waals surface area contributed by atoms with E-state index < -0.39 is 31.8 Å². The fourth-order valence-corrected chi connectivity index (χ4v) is 5.51. The van der Waals surface area contributed by atoms with Crippen molar-refractivity contribution in [3.63, 3.8) is 0 Å². The summed E-state index contributed by atoms with van der Waals surface area (Å²) in [5.74, 6) is -2.60. The van der Waals surface area contributed by atoms with Gasteiger partial charge in [0.05, 0.1) is 25.0 Å². The van der Waals surface area contributed by atoms with E-state index in [1.807, 2.05) is 27.1 Å². The zero-order valence-corrected chi connectivity index (χ0v) is 21.1. The number of carbonyl (C=O) groups is 2. The molecule has 8 heteroatoms. The highest BCUT2D eigenvalue weighted by molar-refractivity contribution is 6.76. The number of nitrogens with zero attached hydrogens (tertiary/aromatic N) is 2. The number of hydrazone groups is 1. The Morgan fingerprint density at radius 1 is 1.09 bits per heavy atom. The molecular formula is C24H36N2O5Si. The van der Waals surface area contributed by atoms with E-state index in [1.54, 1.807) is 17.1 Å². The molecule has 1 unspecified atom stereocenters. The zero-order chi connectivity index (χ0) is 23.6. The summed E-state index contributed by atoms with van der Waals surface area (Å²) in [5, 5.41) is 16.5. The first-order chi connectivity index (χ1) is 15.0. The van der Waals surface area contributed by atoms with Crippen LogP contribution in [0.25, 0.3) is 0 Å². The third-order valence-corrected chi connectivity index (χ3v) is 7.89. The summed E-state index contributed by atoms with van der Waals surface area (Å²) >= 11 is 0. The highest BCUT2D eigenvalue weighted by Gasteiger charge is 2.57. The summed E-state index contributed by atoms with van der Waals surface area (Å²) in [7, 11) is 2.32. The van der Waals surface area contributed by atoms with Gasteiger partial charge in [0.25, 0.3) is 0 Å². The Balaban J connectivity index is 2.03. The molecule has 0 aliphatic heterocycles. The minimum Gasteiger partial charge on any atom is -0.508 e. The van der Waals surface area contributed by atoms with Crippen molar-refractivity contribution in [1.82, 2.24) is 5.01 Å². The largest absolute Gasteiger partial charge is 0.508 e. The Bertz CT molecular complexity index is 893. The van der Waals surface area contributed by atoms with Crippen molar-refractivity contribution >= 4 is 25.7 Å². The van der Waals surface area contributed by atoms with Gasteiger partial charge in [0.15, 0.2) is 0 Å². The summed E-state index contributed by atoms with van der Waals surface area (Å²) in [6.07, 6.45) is 1.28. The van der Waals surface area contributed by atoms with E-state index in [4.69, 9.17) is 9.47 Å². The lowest BCUT2D eigenvalue weighted by molar-refractivity contribution is -0.163. The van der Waals surface area contributed by atoms with E-state index in [1.165, 1.54) is 0 Å². The highest BCUT2D eigenvalue weighted by atomic mass is 28.3. The first-order valence-corrected chi connectivity index (χ1v) is 15.1. The average molecular weight is 461 g/mol. The SMILES string of the molecule is CCCOC(=O)[C@H]1[C@H](C(=O)OCC[Si](C)(C)C)C2C/C(=N\N(C)C)[C@H]1c1cc(O)ccc12. The van der Waals surface area contributed by atoms with Crippen molar-refractivity contribution in [3.05, 3.63) is 29.3 Å². The average Bonchev–Trinajstić information content (AvgIpc) is 2.69. The summed E-state index contributed by atoms with van der Waals surface area (Å²) in [6, 6.07) is 6.08. The van der Waals surface area contributed by atoms with Gasteiger partial charge in [0.2, 0.25) is 0 Å². The molecule has 0 heterocycles. The maximum atomic E-state index is 13.4. The van der Waals surface area contributed by atoms with Crippen LogP contribution in [0, 0.1) is 11.8 Å². The molecule has 1 aromatic carbocycles. The minimum atomic E-state index is -1.36. The Kier molecular flexibility index (Phi) is 7.32. The number of phenols is 1. The zero-order valence-electron chi connectivity index (χ0n) is 20.1. The van der Waals surface area contributed by atoms with Crippen LogP contribution in [0.2, 0.25) is 25.7 Å². The Morgan fingerprint density at radius 2 is 1.75 bits per heavy atom. The molecule has 2 bridgehead atoms. The number of aromatic hydroxyl groups is 1. The van der Waals surface area contributed by atoms with E-state index in [-0.39, 0.29) is 17.6 Å². The molecule has 4 rings (SSSR count). The maximum Gasteiger partial charge on any atom is 0.310 e. The lowest BCUT2D eigenvalue weighted by atomic mass is 9.55.